The lowest BCUT2D eigenvalue weighted by molar-refractivity contribution is 1.13. The van der Waals surface area contributed by atoms with Crippen molar-refractivity contribution in [1.29, 1.82) is 0 Å². The number of aromatic nitrogens is 2. The van der Waals surface area contributed by atoms with Gasteiger partial charge in [0, 0.05) is 59.5 Å². The van der Waals surface area contributed by atoms with Gasteiger partial charge in [0.25, 0.3) is 0 Å². The molecule has 3 aromatic heterocycles. The molecule has 0 spiro atoms. The summed E-state index contributed by atoms with van der Waals surface area (Å²) in [7, 11) is 0. The molecule has 2 nitrogen and oxygen atoms in total. The van der Waals surface area contributed by atoms with Crippen LogP contribution in [0.2, 0.25) is 0 Å². The zero-order chi connectivity index (χ0) is 32.1. The molecule has 8 aromatic carbocycles. The van der Waals surface area contributed by atoms with Crippen molar-refractivity contribution in [3.8, 4) is 22.5 Å². The summed E-state index contributed by atoms with van der Waals surface area (Å²) in [5.74, 6) is 0. The molecule has 0 unspecified atom stereocenters. The molecule has 3 heterocycles. The SMILES string of the molecule is c1ccc(-n2ccc3cc4c(cc(-c5cccc6c5sc5ccccc56)c5cc6c7ccccc7n(-c7ccccc7)c6cc54)cc32)cc1. The van der Waals surface area contributed by atoms with Crippen LogP contribution in [0.15, 0.2) is 170 Å². The van der Waals surface area contributed by atoms with Crippen LogP contribution in [0.1, 0.15) is 0 Å². The first-order chi connectivity index (χ1) is 24.3. The minimum Gasteiger partial charge on any atom is -0.317 e. The average Bonchev–Trinajstić information content (AvgIpc) is 3.85. The van der Waals surface area contributed by atoms with Crippen LogP contribution in [0.3, 0.4) is 0 Å². The molecule has 11 rings (SSSR count). The van der Waals surface area contributed by atoms with Gasteiger partial charge in [0.15, 0.2) is 0 Å². The van der Waals surface area contributed by atoms with Crippen LogP contribution in [-0.4, -0.2) is 9.13 Å². The number of benzene rings is 8. The van der Waals surface area contributed by atoms with E-state index in [1.807, 2.05) is 11.3 Å². The van der Waals surface area contributed by atoms with Crippen LogP contribution in [0.4, 0.5) is 0 Å². The molecule has 49 heavy (non-hydrogen) atoms. The highest BCUT2D eigenvalue weighted by Crippen LogP contribution is 2.46. The molecular formula is C46H28N2S. The van der Waals surface area contributed by atoms with Crippen molar-refractivity contribution in [2.24, 2.45) is 0 Å². The molecule has 0 radical (unpaired) electrons. The lowest BCUT2D eigenvalue weighted by Gasteiger charge is -2.15. The smallest absolute Gasteiger partial charge is 0.0547 e. The fraction of sp³-hybridized carbons (Fsp3) is 0. The van der Waals surface area contributed by atoms with E-state index < -0.39 is 0 Å². The van der Waals surface area contributed by atoms with Gasteiger partial charge in [0.05, 0.1) is 16.6 Å². The van der Waals surface area contributed by atoms with Gasteiger partial charge in [-0.05, 0) is 99.9 Å². The van der Waals surface area contributed by atoms with Crippen molar-refractivity contribution in [3.05, 3.63) is 170 Å². The average molecular weight is 641 g/mol. The Hall–Kier alpha value is -6.16. The van der Waals surface area contributed by atoms with E-state index in [9.17, 15) is 0 Å². The van der Waals surface area contributed by atoms with Gasteiger partial charge in [-0.2, -0.15) is 0 Å². The third-order valence-corrected chi connectivity index (χ3v) is 11.5. The number of hydrogen-bond acceptors (Lipinski definition) is 1. The second kappa shape index (κ2) is 10.2. The van der Waals surface area contributed by atoms with Gasteiger partial charge < -0.3 is 9.13 Å². The normalized spacial score (nSPS) is 12.1. The highest BCUT2D eigenvalue weighted by Gasteiger charge is 2.19. The quantitative estimate of drug-likeness (QED) is 0.170. The molecule has 0 aliphatic heterocycles. The predicted octanol–water partition coefficient (Wildman–Crippen LogP) is 13.1. The van der Waals surface area contributed by atoms with Crippen LogP contribution < -0.4 is 0 Å². The van der Waals surface area contributed by atoms with Crippen LogP contribution in [0.25, 0.3) is 96.9 Å². The highest BCUT2D eigenvalue weighted by molar-refractivity contribution is 7.26. The lowest BCUT2D eigenvalue weighted by Crippen LogP contribution is -1.94. The summed E-state index contributed by atoms with van der Waals surface area (Å²) in [5.41, 5.74) is 8.56. The molecule has 0 bridgehead atoms. The Morgan fingerprint density at radius 1 is 0.367 bits per heavy atom. The number of rotatable bonds is 3. The van der Waals surface area contributed by atoms with Crippen molar-refractivity contribution in [2.45, 2.75) is 0 Å². The molecule has 0 fully saturated rings. The van der Waals surface area contributed by atoms with E-state index in [1.165, 1.54) is 96.9 Å². The minimum absolute atomic E-state index is 1.17. The van der Waals surface area contributed by atoms with Crippen LogP contribution >= 0.6 is 11.3 Å². The highest BCUT2D eigenvalue weighted by atomic mass is 32.1. The molecule has 0 N–H and O–H groups in total. The van der Waals surface area contributed by atoms with E-state index >= 15 is 0 Å². The van der Waals surface area contributed by atoms with Gasteiger partial charge >= 0.3 is 0 Å². The fourth-order valence-corrected chi connectivity index (χ4v) is 9.33. The number of para-hydroxylation sites is 3. The van der Waals surface area contributed by atoms with Gasteiger partial charge in [-0.1, -0.05) is 91.0 Å². The zero-order valence-corrected chi connectivity index (χ0v) is 27.3. The van der Waals surface area contributed by atoms with Crippen LogP contribution in [0, 0.1) is 0 Å². The predicted molar refractivity (Wildman–Crippen MR) is 211 cm³/mol. The maximum absolute atomic E-state index is 2.46. The van der Waals surface area contributed by atoms with Gasteiger partial charge in [0.1, 0.15) is 0 Å². The topological polar surface area (TPSA) is 9.86 Å². The molecule has 228 valence electrons. The van der Waals surface area contributed by atoms with Crippen molar-refractivity contribution in [2.75, 3.05) is 0 Å². The standard InChI is InChI=1S/C46H28N2S/c1-3-12-31(13-4-1)47-23-22-29-24-37-30(26-43(29)47)25-38(36-19-11-18-35-34-17-8-10-21-45(34)49-46(35)36)39-27-41-33-16-7-9-20-42(33)48(44(41)28-40(37)39)32-14-5-2-6-15-32/h1-28H. The minimum atomic E-state index is 1.17. The molecule has 0 amide bonds. The van der Waals surface area contributed by atoms with Gasteiger partial charge in [-0.25, -0.2) is 0 Å². The van der Waals surface area contributed by atoms with Crippen LogP contribution in [-0.2, 0) is 0 Å². The van der Waals surface area contributed by atoms with Gasteiger partial charge in [-0.3, -0.25) is 0 Å². The fourth-order valence-electron chi connectivity index (χ4n) is 8.10. The summed E-state index contributed by atoms with van der Waals surface area (Å²) in [5, 5.41) is 11.5. The van der Waals surface area contributed by atoms with E-state index in [2.05, 4.69) is 179 Å². The number of hydrogen-bond donors (Lipinski definition) is 0. The van der Waals surface area contributed by atoms with Gasteiger partial charge in [0.2, 0.25) is 0 Å². The summed E-state index contributed by atoms with van der Waals surface area (Å²) in [4.78, 5) is 0. The van der Waals surface area contributed by atoms with E-state index in [1.54, 1.807) is 0 Å². The Morgan fingerprint density at radius 2 is 1.10 bits per heavy atom. The third-order valence-electron chi connectivity index (χ3n) is 10.3. The van der Waals surface area contributed by atoms with E-state index in [0.717, 1.165) is 0 Å². The Balaban J connectivity index is 1.31. The Labute approximate surface area is 286 Å². The Morgan fingerprint density at radius 3 is 1.96 bits per heavy atom. The largest absolute Gasteiger partial charge is 0.317 e. The maximum Gasteiger partial charge on any atom is 0.0547 e. The van der Waals surface area contributed by atoms with Crippen molar-refractivity contribution in [3.63, 3.8) is 0 Å². The molecule has 3 heteroatoms. The number of nitrogens with zero attached hydrogens (tertiary/aromatic N) is 2. The Kier molecular flexibility index (Phi) is 5.57. The number of fused-ring (bicyclic) bond motifs is 10. The van der Waals surface area contributed by atoms with Crippen molar-refractivity contribution in [1.82, 2.24) is 9.13 Å². The molecule has 0 aliphatic rings. The second-order valence-corrected chi connectivity index (χ2v) is 14.0. The maximum atomic E-state index is 2.46. The summed E-state index contributed by atoms with van der Waals surface area (Å²) >= 11 is 1.90. The lowest BCUT2D eigenvalue weighted by atomic mass is 9.91. The molecule has 0 atom stereocenters. The molecular weight excluding hydrogens is 613 g/mol. The Bertz CT molecular complexity index is 3090. The summed E-state index contributed by atoms with van der Waals surface area (Å²) in [6, 6.07) is 60.3. The van der Waals surface area contributed by atoms with E-state index in [-0.39, 0.29) is 0 Å². The molecule has 0 saturated heterocycles. The summed E-state index contributed by atoms with van der Waals surface area (Å²) < 4.78 is 7.40. The summed E-state index contributed by atoms with van der Waals surface area (Å²) in [6.45, 7) is 0. The molecule has 0 saturated carbocycles. The zero-order valence-electron chi connectivity index (χ0n) is 26.5. The number of thiophene rings is 1. The first-order valence-corrected chi connectivity index (χ1v) is 17.6. The van der Waals surface area contributed by atoms with Gasteiger partial charge in [-0.15, -0.1) is 11.3 Å². The van der Waals surface area contributed by atoms with E-state index in [0.29, 0.717) is 0 Å². The third kappa shape index (κ3) is 3.88. The molecule has 11 aromatic rings. The van der Waals surface area contributed by atoms with Crippen molar-refractivity contribution >= 4 is 85.8 Å². The second-order valence-electron chi connectivity index (χ2n) is 13.0. The first-order valence-electron chi connectivity index (χ1n) is 16.8. The first kappa shape index (κ1) is 26.9. The summed E-state index contributed by atoms with van der Waals surface area (Å²) in [6.07, 6.45) is 2.20. The van der Waals surface area contributed by atoms with E-state index in [4.69, 9.17) is 0 Å². The molecule has 0 aliphatic carbocycles. The monoisotopic (exact) mass is 640 g/mol. The van der Waals surface area contributed by atoms with Crippen LogP contribution in [0.5, 0.6) is 0 Å². The van der Waals surface area contributed by atoms with Crippen molar-refractivity contribution < 1.29 is 0 Å².